The monoisotopic (exact) mass is 460 g/mol. The Bertz CT molecular complexity index is 1110. The van der Waals surface area contributed by atoms with E-state index in [4.69, 9.17) is 16.3 Å². The summed E-state index contributed by atoms with van der Waals surface area (Å²) in [4.78, 5) is 27.8. The first-order valence-electron chi connectivity index (χ1n) is 9.88. The molecule has 1 aromatic carbocycles. The molecule has 2 heterocycles. The average Bonchev–Trinajstić information content (AvgIpc) is 3.26. The molecule has 31 heavy (non-hydrogen) atoms. The van der Waals surface area contributed by atoms with Crippen molar-refractivity contribution in [2.24, 2.45) is 0 Å². The van der Waals surface area contributed by atoms with E-state index in [1.807, 2.05) is 28.8 Å². The van der Waals surface area contributed by atoms with Crippen LogP contribution in [-0.2, 0) is 11.3 Å². The number of rotatable bonds is 10. The Hall–Kier alpha value is -2.42. The molecule has 0 radical (unpaired) electrons. The lowest BCUT2D eigenvalue weighted by Gasteiger charge is -2.10. The predicted molar refractivity (Wildman–Crippen MR) is 122 cm³/mol. The van der Waals surface area contributed by atoms with E-state index < -0.39 is 0 Å². The largest absolute Gasteiger partial charge is 0.385 e. The number of benzene rings is 1. The van der Waals surface area contributed by atoms with Crippen molar-refractivity contribution in [1.82, 2.24) is 19.7 Å². The molecule has 0 amide bonds. The van der Waals surface area contributed by atoms with Gasteiger partial charge in [0.25, 0.3) is 0 Å². The van der Waals surface area contributed by atoms with E-state index in [0.717, 1.165) is 12.0 Å². The Balaban J connectivity index is 1.84. The molecule has 0 bridgehead atoms. The van der Waals surface area contributed by atoms with Gasteiger partial charge in [-0.1, -0.05) is 35.5 Å². The smallest absolute Gasteiger partial charge is 0.191 e. The van der Waals surface area contributed by atoms with Crippen LogP contribution < -0.4 is 0 Å². The van der Waals surface area contributed by atoms with Crippen molar-refractivity contribution in [2.75, 3.05) is 19.5 Å². The number of carbonyl (C=O) groups excluding carboxylic acids is 2. The molecule has 0 aliphatic rings. The van der Waals surface area contributed by atoms with E-state index in [9.17, 15) is 9.59 Å². The molecule has 0 unspecified atom stereocenters. The van der Waals surface area contributed by atoms with Gasteiger partial charge in [0.1, 0.15) is 0 Å². The summed E-state index contributed by atoms with van der Waals surface area (Å²) < 4.78 is 7.14. The number of aryl methyl sites for hydroxylation is 1. The number of nitrogens with zero attached hydrogens (tertiary/aromatic N) is 3. The van der Waals surface area contributed by atoms with Crippen LogP contribution in [0.2, 0.25) is 5.02 Å². The summed E-state index contributed by atoms with van der Waals surface area (Å²) in [5, 5.41) is 9.87. The van der Waals surface area contributed by atoms with Crippen LogP contribution in [0.5, 0.6) is 0 Å². The van der Waals surface area contributed by atoms with Crippen LogP contribution in [0.1, 0.15) is 45.4 Å². The standard InChI is InChI=1S/C22H25ClN4O3S/c1-13-19(15(3)28)14(2)24-20(13)18(29)12-31-22-26-25-21(27(22)10-7-11-30-4)16-8-5-6-9-17(16)23/h5-6,8-9,24H,7,10-12H2,1-4H3. The average molecular weight is 461 g/mol. The summed E-state index contributed by atoms with van der Waals surface area (Å²) in [6.45, 7) is 6.33. The van der Waals surface area contributed by atoms with Gasteiger partial charge >= 0.3 is 0 Å². The predicted octanol–water partition coefficient (Wildman–Crippen LogP) is 4.76. The minimum absolute atomic E-state index is 0.0554. The highest BCUT2D eigenvalue weighted by Crippen LogP contribution is 2.30. The molecule has 3 rings (SSSR count). The van der Waals surface area contributed by atoms with Gasteiger partial charge in [0, 0.05) is 37.1 Å². The zero-order valence-corrected chi connectivity index (χ0v) is 19.6. The number of aromatic nitrogens is 4. The molecule has 7 nitrogen and oxygen atoms in total. The molecule has 0 atom stereocenters. The maximum atomic E-state index is 12.9. The van der Waals surface area contributed by atoms with Crippen molar-refractivity contribution in [2.45, 2.75) is 38.9 Å². The molecular weight excluding hydrogens is 436 g/mol. The molecule has 0 saturated carbocycles. The second-order valence-corrected chi connectivity index (χ2v) is 8.53. The number of ketones is 2. The Morgan fingerprint density at radius 3 is 2.61 bits per heavy atom. The van der Waals surface area contributed by atoms with E-state index in [1.165, 1.54) is 18.7 Å². The van der Waals surface area contributed by atoms with E-state index in [2.05, 4.69) is 15.2 Å². The van der Waals surface area contributed by atoms with Gasteiger partial charge < -0.3 is 14.3 Å². The van der Waals surface area contributed by atoms with E-state index >= 15 is 0 Å². The van der Waals surface area contributed by atoms with Crippen molar-refractivity contribution in [3.8, 4) is 11.4 Å². The zero-order chi connectivity index (χ0) is 22.5. The number of hydrogen-bond acceptors (Lipinski definition) is 6. The topological polar surface area (TPSA) is 89.9 Å². The summed E-state index contributed by atoms with van der Waals surface area (Å²) >= 11 is 7.68. The molecule has 3 aromatic rings. The van der Waals surface area contributed by atoms with Crippen LogP contribution in [0, 0.1) is 13.8 Å². The highest BCUT2D eigenvalue weighted by molar-refractivity contribution is 7.99. The number of halogens is 1. The van der Waals surface area contributed by atoms with Crippen molar-refractivity contribution >= 4 is 34.9 Å². The number of Topliss-reactive ketones (excluding diaryl/α,β-unsaturated/α-hetero) is 2. The zero-order valence-electron chi connectivity index (χ0n) is 18.0. The van der Waals surface area contributed by atoms with E-state index in [-0.39, 0.29) is 17.3 Å². The first-order valence-corrected chi connectivity index (χ1v) is 11.2. The first kappa shape index (κ1) is 23.2. The highest BCUT2D eigenvalue weighted by atomic mass is 35.5. The molecule has 0 spiro atoms. The van der Waals surface area contributed by atoms with Crippen LogP contribution >= 0.6 is 23.4 Å². The fourth-order valence-electron chi connectivity index (χ4n) is 3.57. The molecule has 164 valence electrons. The number of carbonyl (C=O) groups is 2. The third-order valence-corrected chi connectivity index (χ3v) is 6.26. The van der Waals surface area contributed by atoms with Gasteiger partial charge in [0.05, 0.1) is 16.5 Å². The van der Waals surface area contributed by atoms with Gasteiger partial charge in [0.15, 0.2) is 22.5 Å². The second kappa shape index (κ2) is 10.3. The van der Waals surface area contributed by atoms with Crippen molar-refractivity contribution < 1.29 is 14.3 Å². The fraction of sp³-hybridized carbons (Fsp3) is 0.364. The Morgan fingerprint density at radius 1 is 1.23 bits per heavy atom. The Labute approximate surface area is 190 Å². The fourth-order valence-corrected chi connectivity index (χ4v) is 4.62. The van der Waals surface area contributed by atoms with Gasteiger partial charge in [-0.2, -0.15) is 0 Å². The van der Waals surface area contributed by atoms with Gasteiger partial charge in [-0.3, -0.25) is 9.59 Å². The molecular formula is C22H25ClN4O3S. The molecule has 0 aliphatic carbocycles. The minimum atomic E-state index is -0.0937. The van der Waals surface area contributed by atoms with Crippen LogP contribution in [0.15, 0.2) is 29.4 Å². The third kappa shape index (κ3) is 5.08. The molecule has 0 aliphatic heterocycles. The molecule has 9 heteroatoms. The summed E-state index contributed by atoms with van der Waals surface area (Å²) in [7, 11) is 1.66. The molecule has 1 N–H and O–H groups in total. The van der Waals surface area contributed by atoms with E-state index in [0.29, 0.717) is 51.7 Å². The number of H-pyrrole nitrogens is 1. The maximum absolute atomic E-state index is 12.9. The van der Waals surface area contributed by atoms with Crippen molar-refractivity contribution in [1.29, 1.82) is 0 Å². The summed E-state index contributed by atoms with van der Waals surface area (Å²) in [5.41, 5.74) is 3.23. The number of thioether (sulfide) groups is 1. The number of ether oxygens (including phenoxy) is 1. The second-order valence-electron chi connectivity index (χ2n) is 7.18. The van der Waals surface area contributed by atoms with E-state index in [1.54, 1.807) is 21.0 Å². The Morgan fingerprint density at radius 2 is 1.97 bits per heavy atom. The lowest BCUT2D eigenvalue weighted by atomic mass is 10.1. The lowest BCUT2D eigenvalue weighted by molar-refractivity contribution is 0.101. The lowest BCUT2D eigenvalue weighted by Crippen LogP contribution is -2.09. The highest BCUT2D eigenvalue weighted by Gasteiger charge is 2.22. The number of aromatic amines is 1. The van der Waals surface area contributed by atoms with Gasteiger partial charge in [-0.05, 0) is 44.9 Å². The maximum Gasteiger partial charge on any atom is 0.191 e. The number of hydrogen-bond donors (Lipinski definition) is 1. The van der Waals surface area contributed by atoms with Gasteiger partial charge in [0.2, 0.25) is 0 Å². The van der Waals surface area contributed by atoms with Crippen LogP contribution in [0.3, 0.4) is 0 Å². The normalized spacial score (nSPS) is 11.1. The third-order valence-electron chi connectivity index (χ3n) is 4.96. The van der Waals surface area contributed by atoms with Crippen LogP contribution in [-0.4, -0.2) is 50.8 Å². The quantitative estimate of drug-likeness (QED) is 0.266. The summed E-state index contributed by atoms with van der Waals surface area (Å²) in [5.74, 6) is 0.676. The van der Waals surface area contributed by atoms with Crippen molar-refractivity contribution in [3.63, 3.8) is 0 Å². The van der Waals surface area contributed by atoms with Gasteiger partial charge in [-0.15, -0.1) is 10.2 Å². The number of nitrogens with one attached hydrogen (secondary N) is 1. The Kier molecular flexibility index (Phi) is 7.69. The first-order chi connectivity index (χ1) is 14.8. The summed E-state index contributed by atoms with van der Waals surface area (Å²) in [6.07, 6.45) is 0.768. The van der Waals surface area contributed by atoms with Gasteiger partial charge in [-0.25, -0.2) is 0 Å². The van der Waals surface area contributed by atoms with Crippen LogP contribution in [0.25, 0.3) is 11.4 Å². The number of methoxy groups -OCH3 is 1. The molecule has 0 fully saturated rings. The SMILES string of the molecule is COCCCn1c(SCC(=O)c2[nH]c(C)c(C(C)=O)c2C)nnc1-c1ccccc1Cl. The molecule has 2 aromatic heterocycles. The molecule has 0 saturated heterocycles. The van der Waals surface area contributed by atoms with Crippen molar-refractivity contribution in [3.05, 3.63) is 51.8 Å². The summed E-state index contributed by atoms with van der Waals surface area (Å²) in [6, 6.07) is 7.47. The van der Waals surface area contributed by atoms with Crippen LogP contribution in [0.4, 0.5) is 0 Å². The minimum Gasteiger partial charge on any atom is -0.385 e.